The predicted octanol–water partition coefficient (Wildman–Crippen LogP) is 7.90. The van der Waals surface area contributed by atoms with E-state index in [1.807, 2.05) is 40.1 Å². The number of amides is 3. The van der Waals surface area contributed by atoms with Crippen molar-refractivity contribution in [2.45, 2.75) is 109 Å². The fourth-order valence-electron chi connectivity index (χ4n) is 10.2. The van der Waals surface area contributed by atoms with Crippen molar-refractivity contribution in [1.82, 2.24) is 38.9 Å². The van der Waals surface area contributed by atoms with Crippen molar-refractivity contribution in [3.8, 4) is 23.9 Å². The van der Waals surface area contributed by atoms with Gasteiger partial charge in [-0.05, 0) is 103 Å². The van der Waals surface area contributed by atoms with Gasteiger partial charge in [0.2, 0.25) is 15.0 Å². The van der Waals surface area contributed by atoms with Crippen LogP contribution in [0.2, 0.25) is 10.0 Å². The summed E-state index contributed by atoms with van der Waals surface area (Å²) in [5.41, 5.74) is 5.37. The number of fused-ring (bicyclic) bond motifs is 2. The second-order valence-electron chi connectivity index (χ2n) is 22.5. The smallest absolute Gasteiger partial charge is 0.407 e. The maximum Gasteiger partial charge on any atom is 0.407 e. The molecule has 4 aromatic heterocycles. The number of nitriles is 2. The molecule has 0 radical (unpaired) electrons. The SMILES string of the molecule is Cn1c(Oc2ccccc2C(N)=O)nc2c(C#N)c(N3CCC[C@@H](NC(=O)OC(C)(C)C)C3)n(Cc3ccccc3Cl)c2c1=O.Cn1c(S(C)(=O)=O)nc2c(C#N)c(N3CCC[C@@H](NC(=O)OC(C)(C)C)C3)n(Cc3ccccc3Cl)c2c1=O. The molecule has 9 rings (SSSR count). The van der Waals surface area contributed by atoms with E-state index in [2.05, 4.69) is 32.7 Å². The van der Waals surface area contributed by atoms with Crippen molar-refractivity contribution in [2.75, 3.05) is 42.2 Å². The molecule has 84 heavy (non-hydrogen) atoms. The largest absolute Gasteiger partial charge is 0.444 e. The van der Waals surface area contributed by atoms with Gasteiger partial charge in [0.25, 0.3) is 17.0 Å². The van der Waals surface area contributed by atoms with Gasteiger partial charge in [0.05, 0.1) is 18.7 Å². The number of nitrogens with one attached hydrogen (secondary N) is 2. The molecule has 0 aliphatic carbocycles. The lowest BCUT2D eigenvalue weighted by Gasteiger charge is -2.35. The van der Waals surface area contributed by atoms with Gasteiger partial charge in [-0.15, -0.1) is 0 Å². The topological polar surface area (TPSA) is 297 Å². The fourth-order valence-corrected chi connectivity index (χ4v) is 11.5. The Kier molecular flexibility index (Phi) is 18.1. The monoisotopic (exact) mass is 1210 g/mol. The van der Waals surface area contributed by atoms with Crippen LogP contribution in [0, 0.1) is 22.7 Å². The molecular formula is C58H65Cl2N13O10S. The Morgan fingerprint density at radius 2 is 1.12 bits per heavy atom. The number of nitrogens with zero attached hydrogens (tertiary/aromatic N) is 10. The minimum atomic E-state index is -3.87. The van der Waals surface area contributed by atoms with Gasteiger partial charge in [-0.3, -0.25) is 23.5 Å². The van der Waals surface area contributed by atoms with E-state index in [9.17, 15) is 42.9 Å². The third kappa shape index (κ3) is 13.6. The van der Waals surface area contributed by atoms with Gasteiger partial charge < -0.3 is 49.5 Å². The standard InChI is InChI=1S/C32H34ClN7O5.C26H31ClN6O5S/c1-32(2,3)45-31(43)36-20-11-9-15-39(18-20)28-22(16-34)25-26(40(28)17-19-10-5-7-13-23(19)33)29(42)38(4)30(37-25)44-24-14-8-6-12-21(24)27(35)41;1-26(2,3)38-25(35)29-17-10-8-12-32(15-17)22-18(13-28)20-21(23(34)31(4)24(30-20)39(5,36)37)33(22)14-16-9-6-7-11-19(16)27/h5-8,10,12-14,20H,9,11,15,17-18H2,1-4H3,(H2,35,41)(H,36,43);6-7,9,11,17H,8,10,12,14-15H2,1-5H3,(H,29,35)/t20-;17-/m11/s1. The predicted molar refractivity (Wildman–Crippen MR) is 318 cm³/mol. The summed E-state index contributed by atoms with van der Waals surface area (Å²) in [6.45, 7) is 12.9. The molecule has 2 aliphatic rings. The first-order chi connectivity index (χ1) is 39.6. The van der Waals surface area contributed by atoms with Crippen LogP contribution in [0.25, 0.3) is 22.1 Å². The number of piperidine rings is 2. The third-order valence-corrected chi connectivity index (χ3v) is 15.6. The number of hydrogen-bond acceptors (Lipinski definition) is 16. The molecule has 6 heterocycles. The van der Waals surface area contributed by atoms with Crippen LogP contribution >= 0.6 is 23.2 Å². The van der Waals surface area contributed by atoms with Gasteiger partial charge in [0.15, 0.2) is 0 Å². The van der Waals surface area contributed by atoms with Gasteiger partial charge in [-0.1, -0.05) is 71.7 Å². The number of rotatable bonds is 12. The van der Waals surface area contributed by atoms with E-state index in [0.29, 0.717) is 79.1 Å². The molecular weight excluding hydrogens is 1140 g/mol. The van der Waals surface area contributed by atoms with E-state index in [1.165, 1.54) is 24.7 Å². The van der Waals surface area contributed by atoms with Crippen LogP contribution in [0.4, 0.5) is 21.2 Å². The molecule has 2 aliphatic heterocycles. The number of anilines is 2. The average Bonchev–Trinajstić information content (AvgIpc) is 2.21. The lowest BCUT2D eigenvalue weighted by molar-refractivity contribution is 0.0488. The number of nitrogens with two attached hydrogens (primary N) is 1. The number of alkyl carbamates (subject to hydrolysis) is 2. The molecule has 3 aromatic carbocycles. The van der Waals surface area contributed by atoms with Gasteiger partial charge in [-0.25, -0.2) is 23.0 Å². The van der Waals surface area contributed by atoms with Crippen molar-refractivity contribution in [2.24, 2.45) is 19.8 Å². The summed E-state index contributed by atoms with van der Waals surface area (Å²) in [5, 5.41) is 27.2. The first kappa shape index (κ1) is 61.5. The molecule has 26 heteroatoms. The van der Waals surface area contributed by atoms with Crippen LogP contribution in [-0.2, 0) is 46.5 Å². The molecule has 4 N–H and O–H groups in total. The first-order valence-electron chi connectivity index (χ1n) is 26.9. The highest BCUT2D eigenvalue weighted by molar-refractivity contribution is 7.90. The van der Waals surface area contributed by atoms with Crippen molar-refractivity contribution in [3.05, 3.63) is 131 Å². The van der Waals surface area contributed by atoms with Gasteiger partial charge >= 0.3 is 18.2 Å². The molecule has 23 nitrogen and oxygen atoms in total. The first-order valence-corrected chi connectivity index (χ1v) is 29.5. The summed E-state index contributed by atoms with van der Waals surface area (Å²) in [4.78, 5) is 77.6. The van der Waals surface area contributed by atoms with Gasteiger partial charge in [-0.2, -0.15) is 15.5 Å². The number of carbonyl (C=O) groups excluding carboxylic acids is 3. The Labute approximate surface area is 494 Å². The average molecular weight is 1210 g/mol. The second kappa shape index (κ2) is 24.7. The molecule has 2 fully saturated rings. The maximum absolute atomic E-state index is 14.1. The molecule has 0 saturated carbocycles. The van der Waals surface area contributed by atoms with Gasteiger partial charge in [0.1, 0.15) is 73.9 Å². The van der Waals surface area contributed by atoms with Crippen LogP contribution in [0.3, 0.4) is 0 Å². The maximum atomic E-state index is 14.1. The van der Waals surface area contributed by atoms with Crippen LogP contribution in [0.5, 0.6) is 11.8 Å². The van der Waals surface area contributed by atoms with E-state index < -0.39 is 55.4 Å². The van der Waals surface area contributed by atoms with E-state index in [1.54, 1.807) is 87.1 Å². The molecule has 7 aromatic rings. The zero-order valence-corrected chi connectivity index (χ0v) is 50.3. The zero-order chi connectivity index (χ0) is 61.2. The number of para-hydroxylation sites is 1. The summed E-state index contributed by atoms with van der Waals surface area (Å²) in [7, 11) is -1.03. The number of aromatic nitrogens is 6. The lowest BCUT2D eigenvalue weighted by Crippen LogP contribution is -2.49. The number of ether oxygens (including phenoxy) is 3. The van der Waals surface area contributed by atoms with E-state index in [4.69, 9.17) is 43.1 Å². The summed E-state index contributed by atoms with van der Waals surface area (Å²) >= 11 is 13.0. The number of primary amides is 1. The number of hydrogen-bond donors (Lipinski definition) is 3. The number of halogens is 2. The Bertz CT molecular complexity index is 4050. The van der Waals surface area contributed by atoms with E-state index in [0.717, 1.165) is 16.4 Å². The highest BCUT2D eigenvalue weighted by atomic mass is 35.5. The Morgan fingerprint density at radius 3 is 1.55 bits per heavy atom. The van der Waals surface area contributed by atoms with E-state index in [-0.39, 0.29) is 75.7 Å². The molecule has 0 unspecified atom stereocenters. The Hall–Kier alpha value is -8.58. The van der Waals surface area contributed by atoms with Crippen molar-refractivity contribution < 1.29 is 37.0 Å². The van der Waals surface area contributed by atoms with Crippen molar-refractivity contribution in [1.29, 1.82) is 10.5 Å². The normalized spacial score (nSPS) is 15.6. The molecule has 0 spiro atoms. The highest BCUT2D eigenvalue weighted by Gasteiger charge is 2.35. The summed E-state index contributed by atoms with van der Waals surface area (Å²) in [6, 6.07) is 24.5. The van der Waals surface area contributed by atoms with Gasteiger partial charge in [0, 0.05) is 68.7 Å². The van der Waals surface area contributed by atoms with Crippen LogP contribution in [0.15, 0.2) is 87.5 Å². The molecule has 442 valence electrons. The Balaban J connectivity index is 0.000000221. The summed E-state index contributed by atoms with van der Waals surface area (Å²) in [5.74, 6) is 0.302. The summed E-state index contributed by atoms with van der Waals surface area (Å²) in [6.07, 6.45) is 2.70. The van der Waals surface area contributed by atoms with Crippen molar-refractivity contribution >= 4 is 84.8 Å². The molecule has 3 amide bonds. The minimum Gasteiger partial charge on any atom is -0.444 e. The second-order valence-corrected chi connectivity index (χ2v) is 25.2. The number of carbonyl (C=O) groups is 3. The number of benzene rings is 3. The molecule has 2 saturated heterocycles. The van der Waals surface area contributed by atoms with Crippen molar-refractivity contribution in [3.63, 3.8) is 0 Å². The zero-order valence-electron chi connectivity index (χ0n) is 48.0. The molecule has 0 bridgehead atoms. The number of sulfone groups is 1. The minimum absolute atomic E-state index is 0.00491. The quantitative estimate of drug-likeness (QED) is 0.0979. The lowest BCUT2D eigenvalue weighted by atomic mass is 10.1. The highest BCUT2D eigenvalue weighted by Crippen LogP contribution is 2.37. The fraction of sp³-hybridized carbons (Fsp3) is 0.397. The van der Waals surface area contributed by atoms with Crippen LogP contribution in [0.1, 0.15) is 99.8 Å². The molecule has 2 atom stereocenters. The van der Waals surface area contributed by atoms with Crippen LogP contribution < -0.4 is 42.0 Å². The Morgan fingerprint density at radius 1 is 0.690 bits per heavy atom. The summed E-state index contributed by atoms with van der Waals surface area (Å²) < 4.78 is 47.3. The van der Waals surface area contributed by atoms with E-state index >= 15 is 0 Å². The van der Waals surface area contributed by atoms with Crippen LogP contribution in [-0.4, -0.2) is 110 Å². The third-order valence-electron chi connectivity index (χ3n) is 13.8.